The van der Waals surface area contributed by atoms with Gasteiger partial charge >= 0.3 is 6.36 Å². The fourth-order valence-corrected chi connectivity index (χ4v) is 4.06. The molecule has 31 heavy (non-hydrogen) atoms. The maximum absolute atomic E-state index is 12.3. The molecular weight excluding hydrogens is 459 g/mol. The van der Waals surface area contributed by atoms with Crippen molar-refractivity contribution in [2.75, 3.05) is 16.6 Å². The third-order valence-corrected chi connectivity index (χ3v) is 5.68. The van der Waals surface area contributed by atoms with Gasteiger partial charge in [-0.05, 0) is 36.4 Å². The van der Waals surface area contributed by atoms with Crippen molar-refractivity contribution in [2.45, 2.75) is 11.3 Å². The summed E-state index contributed by atoms with van der Waals surface area (Å²) in [7, 11) is -3.82. The Morgan fingerprint density at radius 1 is 1.10 bits per heavy atom. The lowest BCUT2D eigenvalue weighted by Crippen LogP contribution is -2.20. The van der Waals surface area contributed by atoms with Gasteiger partial charge in [-0.25, -0.2) is 13.4 Å². The maximum atomic E-state index is 12.3. The van der Waals surface area contributed by atoms with Crippen LogP contribution in [-0.2, 0) is 14.8 Å². The van der Waals surface area contributed by atoms with Crippen LogP contribution < -0.4 is 19.5 Å². The zero-order valence-corrected chi connectivity index (χ0v) is 17.1. The Bertz CT molecular complexity index is 1140. The summed E-state index contributed by atoms with van der Waals surface area (Å²) in [6.07, 6.45) is -3.38. The van der Waals surface area contributed by atoms with Crippen LogP contribution in [-0.4, -0.2) is 32.3 Å². The smallest absolute Gasteiger partial charge is 0.484 e. The molecule has 0 fully saturated rings. The van der Waals surface area contributed by atoms with Gasteiger partial charge in [0.15, 0.2) is 11.7 Å². The molecule has 1 aromatic heterocycles. The fourth-order valence-electron chi connectivity index (χ4n) is 2.27. The number of rotatable bonds is 8. The number of hydrogen-bond acceptors (Lipinski definition) is 7. The van der Waals surface area contributed by atoms with Crippen LogP contribution in [0.15, 0.2) is 65.0 Å². The summed E-state index contributed by atoms with van der Waals surface area (Å²) < 4.78 is 72.6. The second kappa shape index (κ2) is 9.22. The Kier molecular flexibility index (Phi) is 6.65. The number of ether oxygens (including phenoxy) is 2. The number of hydrogen-bond donors (Lipinski definition) is 2. The van der Waals surface area contributed by atoms with Gasteiger partial charge in [-0.1, -0.05) is 6.07 Å². The van der Waals surface area contributed by atoms with E-state index in [1.807, 2.05) is 0 Å². The largest absolute Gasteiger partial charge is 0.573 e. The highest BCUT2D eigenvalue weighted by Gasteiger charge is 2.31. The lowest BCUT2D eigenvalue weighted by molar-refractivity contribution is -0.274. The summed E-state index contributed by atoms with van der Waals surface area (Å²) in [4.78, 5) is 15.8. The van der Waals surface area contributed by atoms with Crippen molar-refractivity contribution in [2.24, 2.45) is 0 Å². The molecule has 0 atom stereocenters. The van der Waals surface area contributed by atoms with E-state index in [-0.39, 0.29) is 15.8 Å². The summed E-state index contributed by atoms with van der Waals surface area (Å²) >= 11 is 1.13. The number of aromatic nitrogens is 1. The minimum absolute atomic E-state index is 0.00611. The fraction of sp³-hybridized carbons (Fsp3) is 0.111. The van der Waals surface area contributed by atoms with Gasteiger partial charge in [-0.15, -0.1) is 24.5 Å². The number of benzene rings is 2. The molecule has 0 saturated carbocycles. The standard InChI is InChI=1S/C18H14F3N3O5S2/c19-18(20,21)29-14-3-1-2-13(10-14)28-11-16(25)23-12-4-6-15(7-5-12)31(26,27)24-17-22-8-9-30-17/h1-10H,11H2,(H,22,24)(H,23,25). The molecule has 0 aliphatic rings. The van der Waals surface area contributed by atoms with E-state index in [1.165, 1.54) is 42.6 Å². The van der Waals surface area contributed by atoms with E-state index in [1.54, 1.807) is 5.38 Å². The second-order valence-electron chi connectivity index (χ2n) is 5.83. The van der Waals surface area contributed by atoms with Gasteiger partial charge in [0.1, 0.15) is 11.5 Å². The molecule has 2 N–H and O–H groups in total. The number of anilines is 2. The average molecular weight is 473 g/mol. The summed E-state index contributed by atoms with van der Waals surface area (Å²) in [6, 6.07) is 10.1. The van der Waals surface area contributed by atoms with Crippen LogP contribution in [0.4, 0.5) is 24.0 Å². The summed E-state index contributed by atoms with van der Waals surface area (Å²) in [5, 5.41) is 4.33. The predicted molar refractivity (Wildman–Crippen MR) is 107 cm³/mol. The van der Waals surface area contributed by atoms with E-state index in [2.05, 4.69) is 19.8 Å². The van der Waals surface area contributed by atoms with Gasteiger partial charge in [-0.3, -0.25) is 9.52 Å². The first-order valence-electron chi connectivity index (χ1n) is 8.41. The van der Waals surface area contributed by atoms with Crippen LogP contribution >= 0.6 is 11.3 Å². The van der Waals surface area contributed by atoms with Gasteiger partial charge in [0.05, 0.1) is 4.90 Å². The van der Waals surface area contributed by atoms with E-state index in [4.69, 9.17) is 4.74 Å². The first-order chi connectivity index (χ1) is 14.6. The van der Waals surface area contributed by atoms with Crippen molar-refractivity contribution in [3.05, 3.63) is 60.1 Å². The second-order valence-corrected chi connectivity index (χ2v) is 8.40. The van der Waals surface area contributed by atoms with Gasteiger partial charge < -0.3 is 14.8 Å². The summed E-state index contributed by atoms with van der Waals surface area (Å²) in [5.41, 5.74) is 0.302. The van der Waals surface area contributed by atoms with Crippen LogP contribution in [0.5, 0.6) is 11.5 Å². The SMILES string of the molecule is O=C(COc1cccc(OC(F)(F)F)c1)Nc1ccc(S(=O)(=O)Nc2nccs2)cc1. The number of thiazole rings is 1. The molecule has 0 radical (unpaired) electrons. The van der Waals surface area contributed by atoms with Crippen LogP contribution in [0.1, 0.15) is 0 Å². The normalized spacial score (nSPS) is 11.6. The molecule has 3 aromatic rings. The Balaban J connectivity index is 1.55. The molecule has 0 aliphatic carbocycles. The lowest BCUT2D eigenvalue weighted by atomic mass is 10.3. The number of alkyl halides is 3. The van der Waals surface area contributed by atoms with Crippen LogP contribution in [0.3, 0.4) is 0 Å². The van der Waals surface area contributed by atoms with E-state index in [0.29, 0.717) is 5.69 Å². The van der Waals surface area contributed by atoms with Crippen molar-refractivity contribution in [1.29, 1.82) is 0 Å². The van der Waals surface area contributed by atoms with E-state index >= 15 is 0 Å². The monoisotopic (exact) mass is 473 g/mol. The summed E-state index contributed by atoms with van der Waals surface area (Å²) in [5.74, 6) is -1.07. The molecule has 164 valence electrons. The number of amides is 1. The molecule has 0 aliphatic heterocycles. The van der Waals surface area contributed by atoms with Crippen molar-refractivity contribution < 1.29 is 35.9 Å². The Morgan fingerprint density at radius 2 is 1.81 bits per heavy atom. The number of halogens is 3. The Labute approximate surface area is 178 Å². The van der Waals surface area contributed by atoms with E-state index in [9.17, 15) is 26.4 Å². The highest BCUT2D eigenvalue weighted by atomic mass is 32.2. The number of nitrogens with zero attached hydrogens (tertiary/aromatic N) is 1. The molecule has 8 nitrogen and oxygen atoms in total. The molecule has 0 saturated heterocycles. The molecule has 2 aromatic carbocycles. The number of carbonyl (C=O) groups excluding carboxylic acids is 1. The van der Waals surface area contributed by atoms with Crippen LogP contribution in [0.25, 0.3) is 0 Å². The molecule has 0 bridgehead atoms. The first kappa shape index (κ1) is 22.4. The van der Waals surface area contributed by atoms with Crippen molar-refractivity contribution in [1.82, 2.24) is 4.98 Å². The van der Waals surface area contributed by atoms with Gasteiger partial charge in [-0.2, -0.15) is 0 Å². The Hall–Kier alpha value is -3.32. The predicted octanol–water partition coefficient (Wildman–Crippen LogP) is 3.86. The van der Waals surface area contributed by atoms with Crippen LogP contribution in [0, 0.1) is 0 Å². The third kappa shape index (κ3) is 6.86. The van der Waals surface area contributed by atoms with Gasteiger partial charge in [0.25, 0.3) is 15.9 Å². The van der Waals surface area contributed by atoms with Crippen molar-refractivity contribution in [3.8, 4) is 11.5 Å². The van der Waals surface area contributed by atoms with Crippen LogP contribution in [0.2, 0.25) is 0 Å². The maximum Gasteiger partial charge on any atom is 0.573 e. The van der Waals surface area contributed by atoms with E-state index in [0.717, 1.165) is 23.5 Å². The molecule has 3 rings (SSSR count). The highest BCUT2D eigenvalue weighted by Crippen LogP contribution is 2.26. The highest BCUT2D eigenvalue weighted by molar-refractivity contribution is 7.93. The molecular formula is C18H14F3N3O5S2. The van der Waals surface area contributed by atoms with Gasteiger partial charge in [0.2, 0.25) is 0 Å². The average Bonchev–Trinajstić information content (AvgIpc) is 3.18. The molecule has 0 unspecified atom stereocenters. The summed E-state index contributed by atoms with van der Waals surface area (Å²) in [6.45, 7) is -0.485. The zero-order valence-electron chi connectivity index (χ0n) is 15.4. The zero-order chi connectivity index (χ0) is 22.5. The topological polar surface area (TPSA) is 107 Å². The minimum Gasteiger partial charge on any atom is -0.484 e. The number of sulfonamides is 1. The van der Waals surface area contributed by atoms with Crippen molar-refractivity contribution in [3.63, 3.8) is 0 Å². The molecule has 0 spiro atoms. The third-order valence-electron chi connectivity index (χ3n) is 3.51. The first-order valence-corrected chi connectivity index (χ1v) is 10.8. The Morgan fingerprint density at radius 3 is 2.45 bits per heavy atom. The van der Waals surface area contributed by atoms with E-state index < -0.39 is 34.6 Å². The van der Waals surface area contributed by atoms with Gasteiger partial charge in [0, 0.05) is 23.3 Å². The number of nitrogens with one attached hydrogen (secondary N) is 2. The lowest BCUT2D eigenvalue weighted by Gasteiger charge is -2.11. The molecule has 1 amide bonds. The minimum atomic E-state index is -4.84. The van der Waals surface area contributed by atoms with Crippen molar-refractivity contribution >= 4 is 38.1 Å². The quantitative estimate of drug-likeness (QED) is 0.515. The number of carbonyl (C=O) groups is 1. The molecule has 13 heteroatoms. The molecule has 1 heterocycles.